The Bertz CT molecular complexity index is 989. The predicted molar refractivity (Wildman–Crippen MR) is 120 cm³/mol. The number of pyridine rings is 1. The molecule has 0 radical (unpaired) electrons. The molecule has 3 aromatic rings. The van der Waals surface area contributed by atoms with Crippen LogP contribution in [-0.4, -0.2) is 41.0 Å². The van der Waals surface area contributed by atoms with Crippen LogP contribution in [0, 0.1) is 0 Å². The van der Waals surface area contributed by atoms with E-state index in [2.05, 4.69) is 17.3 Å². The number of hydrogen-bond acceptors (Lipinski definition) is 5. The molecule has 1 amide bonds. The molecule has 6 heteroatoms. The number of ether oxygens (including phenoxy) is 1. The zero-order valence-corrected chi connectivity index (χ0v) is 18.3. The maximum atomic E-state index is 12.9. The molecule has 5 nitrogen and oxygen atoms in total. The number of piperidine rings is 1. The van der Waals surface area contributed by atoms with Crippen LogP contribution in [0.15, 0.2) is 54.2 Å². The van der Waals surface area contributed by atoms with Gasteiger partial charge in [0.1, 0.15) is 5.75 Å². The Labute approximate surface area is 181 Å². The number of carbonyl (C=O) groups excluding carboxylic acids is 1. The van der Waals surface area contributed by atoms with Crippen molar-refractivity contribution in [2.45, 2.75) is 38.0 Å². The van der Waals surface area contributed by atoms with Crippen molar-refractivity contribution in [1.29, 1.82) is 0 Å². The van der Waals surface area contributed by atoms with Gasteiger partial charge in [-0.05, 0) is 48.6 Å². The first kappa shape index (κ1) is 20.5. The zero-order valence-electron chi connectivity index (χ0n) is 17.5. The normalized spacial score (nSPS) is 17.5. The lowest BCUT2D eigenvalue weighted by Gasteiger charge is -2.32. The minimum atomic E-state index is 0.192. The van der Waals surface area contributed by atoms with E-state index in [-0.39, 0.29) is 11.8 Å². The van der Waals surface area contributed by atoms with E-state index >= 15 is 0 Å². The lowest BCUT2D eigenvalue weighted by molar-refractivity contribution is -0.132. The van der Waals surface area contributed by atoms with E-state index in [4.69, 9.17) is 9.72 Å². The number of rotatable bonds is 6. The monoisotopic (exact) mass is 421 g/mol. The Kier molecular flexibility index (Phi) is 6.43. The molecule has 0 spiro atoms. The lowest BCUT2D eigenvalue weighted by Crippen LogP contribution is -2.39. The molecule has 4 rings (SSSR count). The largest absolute Gasteiger partial charge is 0.496 e. The highest BCUT2D eigenvalue weighted by molar-refractivity contribution is 7.10. The van der Waals surface area contributed by atoms with Crippen molar-refractivity contribution in [1.82, 2.24) is 14.9 Å². The van der Waals surface area contributed by atoms with Gasteiger partial charge in [0.25, 0.3) is 0 Å². The molecule has 1 saturated heterocycles. The van der Waals surface area contributed by atoms with Crippen LogP contribution in [0.25, 0.3) is 11.3 Å². The summed E-state index contributed by atoms with van der Waals surface area (Å²) in [5, 5.41) is 3.20. The summed E-state index contributed by atoms with van der Waals surface area (Å²) in [7, 11) is 1.68. The van der Waals surface area contributed by atoms with Gasteiger partial charge >= 0.3 is 0 Å². The van der Waals surface area contributed by atoms with Gasteiger partial charge in [0, 0.05) is 48.8 Å². The van der Waals surface area contributed by atoms with Crippen LogP contribution in [0.5, 0.6) is 5.75 Å². The van der Waals surface area contributed by atoms with Crippen LogP contribution >= 0.6 is 11.3 Å². The van der Waals surface area contributed by atoms with Gasteiger partial charge in [-0.1, -0.05) is 19.1 Å². The maximum absolute atomic E-state index is 12.9. The summed E-state index contributed by atoms with van der Waals surface area (Å²) >= 11 is 1.68. The summed E-state index contributed by atoms with van der Waals surface area (Å²) in [5.74, 6) is 1.55. The van der Waals surface area contributed by atoms with E-state index < -0.39 is 0 Å². The molecule has 0 saturated carbocycles. The summed E-state index contributed by atoms with van der Waals surface area (Å²) in [6, 6.07) is 11.9. The van der Waals surface area contributed by atoms with Crippen LogP contribution in [0.1, 0.15) is 48.6 Å². The van der Waals surface area contributed by atoms with E-state index in [1.54, 1.807) is 30.8 Å². The Morgan fingerprint density at radius 3 is 2.87 bits per heavy atom. The second-order valence-electron chi connectivity index (χ2n) is 7.84. The molecule has 0 aliphatic carbocycles. The van der Waals surface area contributed by atoms with Crippen molar-refractivity contribution in [2.75, 3.05) is 20.2 Å². The number of likely N-dealkylation sites (tertiary alicyclic amines) is 1. The molecule has 156 valence electrons. The van der Waals surface area contributed by atoms with E-state index in [0.717, 1.165) is 53.5 Å². The molecule has 0 bridgehead atoms. The minimum absolute atomic E-state index is 0.192. The standard InChI is InChI=1S/C24H27N3O2S/c1-17(18-9-11-25-12-10-18)14-23(28)27-13-5-6-19(15-27)24-26-21(16-30-24)20-7-3-4-8-22(20)29-2/h3-4,7-12,16-17,19H,5-6,13-15H2,1-2H3/t17-,19-/m1/s1. The van der Waals surface area contributed by atoms with Gasteiger partial charge in [-0.25, -0.2) is 4.98 Å². The summed E-state index contributed by atoms with van der Waals surface area (Å²) in [5.41, 5.74) is 3.12. The van der Waals surface area contributed by atoms with Crippen LogP contribution in [0.4, 0.5) is 0 Å². The summed E-state index contributed by atoms with van der Waals surface area (Å²) in [4.78, 5) is 23.9. The number of carbonyl (C=O) groups is 1. The van der Waals surface area contributed by atoms with Gasteiger partial charge in [-0.3, -0.25) is 9.78 Å². The Balaban J connectivity index is 1.43. The van der Waals surface area contributed by atoms with Crippen molar-refractivity contribution < 1.29 is 9.53 Å². The first-order chi connectivity index (χ1) is 14.7. The number of aromatic nitrogens is 2. The van der Waals surface area contributed by atoms with E-state index in [1.807, 2.05) is 41.3 Å². The number of nitrogens with zero attached hydrogens (tertiary/aromatic N) is 3. The fourth-order valence-electron chi connectivity index (χ4n) is 4.06. The molecule has 2 aromatic heterocycles. The Morgan fingerprint density at radius 2 is 2.07 bits per heavy atom. The molecule has 1 aliphatic heterocycles. The molecule has 1 fully saturated rings. The maximum Gasteiger partial charge on any atom is 0.223 e. The van der Waals surface area contributed by atoms with Gasteiger partial charge in [0.2, 0.25) is 5.91 Å². The lowest BCUT2D eigenvalue weighted by atomic mass is 9.95. The van der Waals surface area contributed by atoms with E-state index in [9.17, 15) is 4.79 Å². The third-order valence-corrected chi connectivity index (χ3v) is 6.79. The SMILES string of the molecule is COc1ccccc1-c1csc([C@@H]2CCCN(C(=O)C[C@@H](C)c3ccncc3)C2)n1. The third-order valence-electron chi connectivity index (χ3n) is 5.78. The summed E-state index contributed by atoms with van der Waals surface area (Å²) in [6.45, 7) is 3.69. The second-order valence-corrected chi connectivity index (χ2v) is 8.73. The highest BCUT2D eigenvalue weighted by Gasteiger charge is 2.28. The quantitative estimate of drug-likeness (QED) is 0.555. The highest BCUT2D eigenvalue weighted by Crippen LogP contribution is 2.35. The topological polar surface area (TPSA) is 55.3 Å². The summed E-state index contributed by atoms with van der Waals surface area (Å²) < 4.78 is 5.48. The fraction of sp³-hybridized carbons (Fsp3) is 0.375. The van der Waals surface area contributed by atoms with Crippen molar-refractivity contribution >= 4 is 17.2 Å². The molecular formula is C24H27N3O2S. The molecule has 0 unspecified atom stereocenters. The zero-order chi connectivity index (χ0) is 20.9. The van der Waals surface area contributed by atoms with Gasteiger partial charge in [0.15, 0.2) is 0 Å². The van der Waals surface area contributed by atoms with Crippen molar-refractivity contribution in [2.24, 2.45) is 0 Å². The average Bonchev–Trinajstić information content (AvgIpc) is 3.30. The van der Waals surface area contributed by atoms with Crippen molar-refractivity contribution in [3.63, 3.8) is 0 Å². The van der Waals surface area contributed by atoms with Crippen LogP contribution in [0.3, 0.4) is 0 Å². The Hall–Kier alpha value is -2.73. The molecule has 30 heavy (non-hydrogen) atoms. The molecule has 1 aromatic carbocycles. The number of hydrogen-bond donors (Lipinski definition) is 0. The molecule has 1 aliphatic rings. The number of thiazole rings is 1. The van der Waals surface area contributed by atoms with Crippen molar-refractivity contribution in [3.05, 3.63) is 64.7 Å². The average molecular weight is 422 g/mol. The fourth-order valence-corrected chi connectivity index (χ4v) is 5.01. The second kappa shape index (κ2) is 9.39. The van der Waals surface area contributed by atoms with Gasteiger partial charge in [0.05, 0.1) is 17.8 Å². The van der Waals surface area contributed by atoms with Gasteiger partial charge in [-0.15, -0.1) is 11.3 Å². The van der Waals surface area contributed by atoms with Crippen LogP contribution < -0.4 is 4.74 Å². The van der Waals surface area contributed by atoms with Crippen LogP contribution in [0.2, 0.25) is 0 Å². The number of para-hydroxylation sites is 1. The van der Waals surface area contributed by atoms with Gasteiger partial charge in [-0.2, -0.15) is 0 Å². The minimum Gasteiger partial charge on any atom is -0.496 e. The summed E-state index contributed by atoms with van der Waals surface area (Å²) in [6.07, 6.45) is 6.19. The van der Waals surface area contributed by atoms with Crippen LogP contribution in [-0.2, 0) is 4.79 Å². The smallest absolute Gasteiger partial charge is 0.223 e. The van der Waals surface area contributed by atoms with E-state index in [1.165, 1.54) is 0 Å². The molecule has 0 N–H and O–H groups in total. The molecule has 3 heterocycles. The van der Waals surface area contributed by atoms with E-state index in [0.29, 0.717) is 12.3 Å². The number of amides is 1. The highest BCUT2D eigenvalue weighted by atomic mass is 32.1. The first-order valence-electron chi connectivity index (χ1n) is 10.4. The molecule has 2 atom stereocenters. The molecular weight excluding hydrogens is 394 g/mol. The third kappa shape index (κ3) is 4.54. The number of methoxy groups -OCH3 is 1. The number of benzene rings is 1. The van der Waals surface area contributed by atoms with Gasteiger partial charge < -0.3 is 9.64 Å². The Morgan fingerprint density at radius 1 is 1.27 bits per heavy atom. The predicted octanol–water partition coefficient (Wildman–Crippen LogP) is 5.11. The van der Waals surface area contributed by atoms with Crippen molar-refractivity contribution in [3.8, 4) is 17.0 Å². The first-order valence-corrected chi connectivity index (χ1v) is 11.3.